The van der Waals surface area contributed by atoms with Gasteiger partial charge in [-0.2, -0.15) is 0 Å². The molecule has 0 radical (unpaired) electrons. The fourth-order valence-electron chi connectivity index (χ4n) is 3.04. The lowest BCUT2D eigenvalue weighted by molar-refractivity contribution is 0.0995. The van der Waals surface area contributed by atoms with E-state index in [4.69, 9.17) is 5.73 Å². The Labute approximate surface area is 162 Å². The molecule has 1 amide bonds. The maximum atomic E-state index is 13.0. The Balaban J connectivity index is 1.79. The molecule has 0 atom stereocenters. The molecule has 0 unspecified atom stereocenters. The maximum absolute atomic E-state index is 13.0. The number of fused-ring (bicyclic) bond motifs is 1. The number of nitrogens with zero attached hydrogens (tertiary/aromatic N) is 2. The Morgan fingerprint density at radius 1 is 1.00 bits per heavy atom. The highest BCUT2D eigenvalue weighted by Crippen LogP contribution is 2.27. The zero-order chi connectivity index (χ0) is 19.9. The second-order valence-corrected chi connectivity index (χ2v) is 8.29. The molecule has 0 saturated carbocycles. The van der Waals surface area contributed by atoms with Crippen molar-refractivity contribution in [2.75, 3.05) is 0 Å². The van der Waals surface area contributed by atoms with Crippen LogP contribution in [0.1, 0.15) is 16.1 Å². The van der Waals surface area contributed by atoms with E-state index in [0.717, 1.165) is 16.5 Å². The van der Waals surface area contributed by atoms with Crippen LogP contribution in [0.5, 0.6) is 0 Å². The standard InChI is InChI=1S/C21H17N3O3S/c1-14-5-8-17(9-6-14)28(26,27)24-12-11-16-13-15(7-10-20(16)24)18-3-2-4-19(23-18)21(22)25/h2-13H,1H3,(H2,22,25). The van der Waals surface area contributed by atoms with Crippen LogP contribution < -0.4 is 5.73 Å². The third-order valence-corrected chi connectivity index (χ3v) is 6.23. The van der Waals surface area contributed by atoms with E-state index in [9.17, 15) is 13.2 Å². The van der Waals surface area contributed by atoms with Crippen LogP contribution in [0.25, 0.3) is 22.2 Å². The topological polar surface area (TPSA) is 95.0 Å². The van der Waals surface area contributed by atoms with E-state index >= 15 is 0 Å². The quantitative estimate of drug-likeness (QED) is 0.577. The van der Waals surface area contributed by atoms with E-state index in [1.807, 2.05) is 13.0 Å². The van der Waals surface area contributed by atoms with Gasteiger partial charge in [0.2, 0.25) is 0 Å². The molecule has 0 aliphatic rings. The summed E-state index contributed by atoms with van der Waals surface area (Å²) in [5, 5.41) is 0.750. The highest BCUT2D eigenvalue weighted by molar-refractivity contribution is 7.90. The lowest BCUT2D eigenvalue weighted by Gasteiger charge is -2.09. The number of carbonyl (C=O) groups excluding carboxylic acids is 1. The lowest BCUT2D eigenvalue weighted by Crippen LogP contribution is -2.13. The van der Waals surface area contributed by atoms with E-state index < -0.39 is 15.9 Å². The molecule has 4 rings (SSSR count). The molecule has 0 aliphatic heterocycles. The molecule has 0 saturated heterocycles. The van der Waals surface area contributed by atoms with Gasteiger partial charge in [0, 0.05) is 17.1 Å². The summed E-state index contributed by atoms with van der Waals surface area (Å²) in [7, 11) is -3.69. The van der Waals surface area contributed by atoms with E-state index in [-0.39, 0.29) is 10.6 Å². The summed E-state index contributed by atoms with van der Waals surface area (Å²) in [6.07, 6.45) is 1.54. The van der Waals surface area contributed by atoms with Crippen molar-refractivity contribution in [3.63, 3.8) is 0 Å². The van der Waals surface area contributed by atoms with E-state index in [1.54, 1.807) is 60.7 Å². The van der Waals surface area contributed by atoms with Gasteiger partial charge in [-0.05, 0) is 49.4 Å². The molecule has 2 heterocycles. The zero-order valence-electron chi connectivity index (χ0n) is 15.0. The number of nitrogens with two attached hydrogens (primary N) is 1. The molecular formula is C21H17N3O3S. The van der Waals surface area contributed by atoms with Gasteiger partial charge in [0.1, 0.15) is 5.69 Å². The van der Waals surface area contributed by atoms with Crippen molar-refractivity contribution in [1.29, 1.82) is 0 Å². The number of carbonyl (C=O) groups is 1. The normalized spacial score (nSPS) is 11.6. The zero-order valence-corrected chi connectivity index (χ0v) is 15.8. The van der Waals surface area contributed by atoms with Gasteiger partial charge in [-0.25, -0.2) is 17.4 Å². The number of amides is 1. The fraction of sp³-hybridized carbons (Fsp3) is 0.0476. The first-order valence-corrected chi connectivity index (χ1v) is 10.0. The minimum Gasteiger partial charge on any atom is -0.364 e. The summed E-state index contributed by atoms with van der Waals surface area (Å²) in [5.74, 6) is -0.599. The molecule has 28 heavy (non-hydrogen) atoms. The highest BCUT2D eigenvalue weighted by Gasteiger charge is 2.19. The third kappa shape index (κ3) is 3.05. The van der Waals surface area contributed by atoms with E-state index in [0.29, 0.717) is 11.2 Å². The fourth-order valence-corrected chi connectivity index (χ4v) is 4.40. The number of rotatable bonds is 4. The molecule has 2 aromatic heterocycles. The Bertz CT molecular complexity index is 1310. The molecule has 2 N–H and O–H groups in total. The molecule has 2 aromatic carbocycles. The molecule has 0 spiro atoms. The van der Waals surface area contributed by atoms with Gasteiger partial charge in [0.15, 0.2) is 0 Å². The summed E-state index contributed by atoms with van der Waals surface area (Å²) in [6, 6.07) is 18.9. The molecule has 140 valence electrons. The number of pyridine rings is 1. The first-order chi connectivity index (χ1) is 13.4. The minimum atomic E-state index is -3.69. The maximum Gasteiger partial charge on any atom is 0.268 e. The Hall–Kier alpha value is -3.45. The van der Waals surface area contributed by atoms with Gasteiger partial charge in [-0.15, -0.1) is 0 Å². The average molecular weight is 391 g/mol. The summed E-state index contributed by atoms with van der Waals surface area (Å²) in [4.78, 5) is 15.8. The van der Waals surface area contributed by atoms with Crippen molar-refractivity contribution >= 4 is 26.8 Å². The Morgan fingerprint density at radius 2 is 1.75 bits per heavy atom. The molecular weight excluding hydrogens is 374 g/mol. The second-order valence-electron chi connectivity index (χ2n) is 6.48. The SMILES string of the molecule is Cc1ccc(S(=O)(=O)n2ccc3cc(-c4cccc(C(N)=O)n4)ccc32)cc1. The summed E-state index contributed by atoms with van der Waals surface area (Å²) >= 11 is 0. The van der Waals surface area contributed by atoms with Crippen LogP contribution in [0.4, 0.5) is 0 Å². The van der Waals surface area contributed by atoms with Crippen LogP contribution >= 0.6 is 0 Å². The number of aryl methyl sites for hydroxylation is 1. The van der Waals surface area contributed by atoms with Crippen LogP contribution in [-0.2, 0) is 10.0 Å². The van der Waals surface area contributed by atoms with Gasteiger partial charge in [-0.3, -0.25) is 4.79 Å². The average Bonchev–Trinajstić information content (AvgIpc) is 3.12. The van der Waals surface area contributed by atoms with Crippen LogP contribution in [0, 0.1) is 6.92 Å². The van der Waals surface area contributed by atoms with Gasteiger partial charge >= 0.3 is 0 Å². The second kappa shape index (κ2) is 6.61. The number of primary amides is 1. The van der Waals surface area contributed by atoms with Gasteiger partial charge < -0.3 is 5.73 Å². The summed E-state index contributed by atoms with van der Waals surface area (Å²) < 4.78 is 27.3. The molecule has 0 aliphatic carbocycles. The van der Waals surface area contributed by atoms with Crippen LogP contribution in [-0.4, -0.2) is 23.3 Å². The summed E-state index contributed by atoms with van der Waals surface area (Å²) in [5.41, 5.74) is 8.39. The first-order valence-electron chi connectivity index (χ1n) is 8.57. The lowest BCUT2D eigenvalue weighted by atomic mass is 10.1. The summed E-state index contributed by atoms with van der Waals surface area (Å²) in [6.45, 7) is 1.91. The smallest absolute Gasteiger partial charge is 0.268 e. The predicted molar refractivity (Wildman–Crippen MR) is 107 cm³/mol. The first kappa shape index (κ1) is 17.9. The van der Waals surface area contributed by atoms with Crippen LogP contribution in [0.2, 0.25) is 0 Å². The van der Waals surface area contributed by atoms with Crippen LogP contribution in [0.3, 0.4) is 0 Å². The van der Waals surface area contributed by atoms with E-state index in [2.05, 4.69) is 4.98 Å². The Morgan fingerprint density at radius 3 is 2.46 bits per heavy atom. The third-order valence-electron chi connectivity index (χ3n) is 4.53. The van der Waals surface area contributed by atoms with Crippen molar-refractivity contribution < 1.29 is 13.2 Å². The number of benzene rings is 2. The highest BCUT2D eigenvalue weighted by atomic mass is 32.2. The van der Waals surface area contributed by atoms with Crippen LogP contribution in [0.15, 0.2) is 77.8 Å². The molecule has 7 heteroatoms. The molecule has 6 nitrogen and oxygen atoms in total. The van der Waals surface area contributed by atoms with Crippen molar-refractivity contribution in [2.45, 2.75) is 11.8 Å². The Kier molecular flexibility index (Phi) is 4.24. The van der Waals surface area contributed by atoms with Crippen molar-refractivity contribution in [3.05, 3.63) is 84.2 Å². The molecule has 0 bridgehead atoms. The van der Waals surface area contributed by atoms with Crippen molar-refractivity contribution in [2.24, 2.45) is 5.73 Å². The van der Waals surface area contributed by atoms with Gasteiger partial charge in [-0.1, -0.05) is 29.8 Å². The van der Waals surface area contributed by atoms with Gasteiger partial charge in [0.25, 0.3) is 15.9 Å². The molecule has 0 fully saturated rings. The van der Waals surface area contributed by atoms with E-state index in [1.165, 1.54) is 10.2 Å². The monoisotopic (exact) mass is 391 g/mol. The number of hydrogen-bond donors (Lipinski definition) is 1. The largest absolute Gasteiger partial charge is 0.364 e. The minimum absolute atomic E-state index is 0.178. The number of aromatic nitrogens is 2. The van der Waals surface area contributed by atoms with Gasteiger partial charge in [0.05, 0.1) is 16.1 Å². The van der Waals surface area contributed by atoms with Crippen molar-refractivity contribution in [3.8, 4) is 11.3 Å². The molecule has 4 aromatic rings. The van der Waals surface area contributed by atoms with Crippen molar-refractivity contribution in [1.82, 2.24) is 8.96 Å². The predicted octanol–water partition coefficient (Wildman–Crippen LogP) is 3.35. The number of hydrogen-bond acceptors (Lipinski definition) is 4.